The van der Waals surface area contributed by atoms with Gasteiger partial charge in [-0.05, 0) is 47.9 Å². The maximum atomic E-state index is 12.7. The highest BCUT2D eigenvalue weighted by Crippen LogP contribution is 2.46. The van der Waals surface area contributed by atoms with E-state index in [1.54, 1.807) is 21.1 Å². The topological polar surface area (TPSA) is 101 Å². The molecule has 12 heteroatoms. The molecule has 1 fully saturated rings. The van der Waals surface area contributed by atoms with Crippen molar-refractivity contribution in [1.29, 1.82) is 0 Å². The van der Waals surface area contributed by atoms with Gasteiger partial charge in [0.25, 0.3) is 5.56 Å². The molecule has 1 unspecified atom stereocenters. The van der Waals surface area contributed by atoms with E-state index in [1.165, 1.54) is 10.8 Å². The lowest BCUT2D eigenvalue weighted by Gasteiger charge is -2.37. The van der Waals surface area contributed by atoms with Gasteiger partial charge in [0.05, 0.1) is 26.9 Å². The van der Waals surface area contributed by atoms with Gasteiger partial charge in [-0.3, -0.25) is 14.3 Å². The number of thiol groups is 1. The third kappa shape index (κ3) is 6.72. The van der Waals surface area contributed by atoms with Gasteiger partial charge < -0.3 is 35.7 Å². The van der Waals surface area contributed by atoms with Crippen LogP contribution in [-0.4, -0.2) is 42.6 Å². The number of aryl methyl sites for hydroxylation is 1. The molecule has 4 aromatic rings. The number of hydrogen-bond acceptors (Lipinski definition) is 9. The molecule has 0 spiro atoms. The van der Waals surface area contributed by atoms with E-state index in [4.69, 9.17) is 35.7 Å². The predicted octanol–water partition coefficient (Wildman–Crippen LogP) is 5.25. The fourth-order valence-electron chi connectivity index (χ4n) is 5.33. The van der Waals surface area contributed by atoms with E-state index in [9.17, 15) is 9.59 Å². The summed E-state index contributed by atoms with van der Waals surface area (Å²) >= 11 is 9.63. The van der Waals surface area contributed by atoms with E-state index < -0.39 is 41.8 Å². The van der Waals surface area contributed by atoms with Crippen LogP contribution >= 0.6 is 18.8 Å². The van der Waals surface area contributed by atoms with E-state index in [-0.39, 0.29) is 6.61 Å². The van der Waals surface area contributed by atoms with Crippen LogP contribution in [-0.2, 0) is 31.8 Å². The van der Waals surface area contributed by atoms with Gasteiger partial charge in [0.15, 0.2) is 0 Å². The Bertz CT molecular complexity index is 1580. The summed E-state index contributed by atoms with van der Waals surface area (Å²) in [4.78, 5) is 27.0. The van der Waals surface area contributed by atoms with Gasteiger partial charge in [0.2, 0.25) is 0 Å². The first kappa shape index (κ1) is 31.4. The molecule has 9 nitrogen and oxygen atoms in total. The highest BCUT2D eigenvalue weighted by atomic mass is 33.1. The van der Waals surface area contributed by atoms with Crippen molar-refractivity contribution in [2.24, 2.45) is 0 Å². The Hall–Kier alpha value is -3.05. The van der Waals surface area contributed by atoms with E-state index in [2.05, 4.69) is 17.2 Å². The smallest absolute Gasteiger partial charge is 0.330 e. The van der Waals surface area contributed by atoms with Gasteiger partial charge in [-0.15, -0.1) is 12.2 Å². The summed E-state index contributed by atoms with van der Waals surface area (Å²) in [5.41, 5.74) is 0.932. The molecule has 0 saturated carbocycles. The fraction of sp³-hybridized carbons (Fsp3) is 0.290. The lowest BCUT2D eigenvalue weighted by Crippen LogP contribution is -2.38. The maximum Gasteiger partial charge on any atom is 0.330 e. The van der Waals surface area contributed by atoms with Crippen LogP contribution < -0.4 is 20.7 Å². The van der Waals surface area contributed by atoms with E-state index in [0.717, 1.165) is 16.7 Å². The number of nitrogens with one attached hydrogen (secondary N) is 1. The molecule has 3 aromatic carbocycles. The quantitative estimate of drug-likeness (QED) is 0.0995. The second-order valence-electron chi connectivity index (χ2n) is 10.0. The summed E-state index contributed by atoms with van der Waals surface area (Å²) in [5, 5.41) is 0. The monoisotopic (exact) mass is 639 g/mol. The third-order valence-electron chi connectivity index (χ3n) is 7.50. The Morgan fingerprint density at radius 2 is 1.51 bits per heavy atom. The molecule has 1 aliphatic rings. The first-order valence-corrected chi connectivity index (χ1v) is 17.0. The van der Waals surface area contributed by atoms with E-state index in [0.29, 0.717) is 23.5 Å². The molecule has 1 aromatic heterocycles. The first-order valence-electron chi connectivity index (χ1n) is 13.5. The van der Waals surface area contributed by atoms with Crippen LogP contribution in [0.4, 0.5) is 0 Å². The molecule has 2 heterocycles. The predicted molar refractivity (Wildman–Crippen MR) is 171 cm³/mol. The Balaban J connectivity index is 1.57. The number of aromatic nitrogens is 2. The highest BCUT2D eigenvalue weighted by molar-refractivity contribution is 8.70. The van der Waals surface area contributed by atoms with Gasteiger partial charge in [0, 0.05) is 18.2 Å². The second kappa shape index (κ2) is 13.7. The molecule has 226 valence electrons. The zero-order valence-electron chi connectivity index (χ0n) is 23.8. The number of benzene rings is 3. The van der Waals surface area contributed by atoms with E-state index in [1.807, 2.05) is 78.9 Å². The Labute approximate surface area is 261 Å². The average molecular weight is 640 g/mol. The van der Waals surface area contributed by atoms with Crippen molar-refractivity contribution in [2.75, 3.05) is 20.8 Å². The van der Waals surface area contributed by atoms with Crippen LogP contribution in [0.25, 0.3) is 0 Å². The van der Waals surface area contributed by atoms with Crippen molar-refractivity contribution in [2.45, 2.75) is 37.4 Å². The molecular weight excluding hydrogens is 607 g/mol. The Morgan fingerprint density at radius 1 is 0.953 bits per heavy atom. The minimum absolute atomic E-state index is 0.0808. The van der Waals surface area contributed by atoms with E-state index >= 15 is 0 Å². The number of nitrogens with zero attached hydrogens (tertiary/aromatic N) is 1. The number of H-pyrrole nitrogens is 1. The molecule has 0 radical (unpaired) electrons. The van der Waals surface area contributed by atoms with Crippen LogP contribution in [0, 0.1) is 6.92 Å². The standard InChI is InChI=1S/C31H32N2O7PS2/c1-20-18-33(30(35)32-29(20)34)28-17-26(40-41(42)43)27(39-28)19-38-31(21-7-5-4-6-8-21,22-9-13-24(36-2)14-10-22)23-11-15-25(37-3)16-12-23/h4-16,18,26-28,42H,17,19H2,1-3H3,(H,32,34,35)/q-1/t26-,27+,28+/m0/s1. The van der Waals surface area contributed by atoms with Crippen LogP contribution in [0.3, 0.4) is 0 Å². The average Bonchev–Trinajstić information content (AvgIpc) is 3.41. The van der Waals surface area contributed by atoms with Crippen LogP contribution in [0.15, 0.2) is 94.6 Å². The zero-order chi connectivity index (χ0) is 30.6. The number of methoxy groups -OCH3 is 2. The van der Waals surface area contributed by atoms with Gasteiger partial charge in [-0.2, -0.15) is 0 Å². The van der Waals surface area contributed by atoms with Crippen molar-refractivity contribution < 1.29 is 23.5 Å². The number of rotatable bonds is 11. The van der Waals surface area contributed by atoms with Crippen molar-refractivity contribution in [1.82, 2.24) is 9.55 Å². The van der Waals surface area contributed by atoms with Crippen molar-refractivity contribution in [3.8, 4) is 11.5 Å². The number of hydrogen-bond donors (Lipinski definition) is 2. The normalized spacial score (nSPS) is 19.2. The van der Waals surface area contributed by atoms with Gasteiger partial charge >= 0.3 is 5.69 Å². The molecule has 0 amide bonds. The summed E-state index contributed by atoms with van der Waals surface area (Å²) in [6, 6.07) is 25.4. The molecule has 0 bridgehead atoms. The Kier molecular flexibility index (Phi) is 10.0. The minimum atomic E-state index is -1.46. The number of ether oxygens (including phenoxy) is 4. The number of aromatic amines is 1. The Morgan fingerprint density at radius 3 is 2.05 bits per heavy atom. The summed E-state index contributed by atoms with van der Waals surface area (Å²) in [6.45, 7) is 0.255. The lowest BCUT2D eigenvalue weighted by atomic mass is 9.80. The van der Waals surface area contributed by atoms with Crippen molar-refractivity contribution in [3.63, 3.8) is 0 Å². The highest BCUT2D eigenvalue weighted by Gasteiger charge is 2.43. The molecular formula is C31H32N2O7PS2-. The lowest BCUT2D eigenvalue weighted by molar-refractivity contribution is -0.0905. The van der Waals surface area contributed by atoms with Crippen molar-refractivity contribution >= 4 is 31.0 Å². The molecule has 43 heavy (non-hydrogen) atoms. The molecule has 4 atom stereocenters. The SMILES string of the molecule is COc1ccc(C(OC[C@H]2O[C@@H](n3cc(C)c(=O)[nH]c3=O)C[C@@H]2OP([S-])S)(c2ccccc2)c2ccc(OC)cc2)cc1. The fourth-order valence-corrected chi connectivity index (χ4v) is 6.48. The molecule has 0 aliphatic carbocycles. The third-order valence-corrected chi connectivity index (χ3v) is 8.49. The van der Waals surface area contributed by atoms with Crippen LogP contribution in [0.5, 0.6) is 11.5 Å². The summed E-state index contributed by atoms with van der Waals surface area (Å²) < 4.78 is 31.7. The molecule has 5 rings (SSSR count). The molecule has 1 saturated heterocycles. The van der Waals surface area contributed by atoms with Crippen LogP contribution in [0.1, 0.15) is 34.9 Å². The summed E-state index contributed by atoms with van der Waals surface area (Å²) in [7, 11) is 3.25. The maximum absolute atomic E-state index is 12.7. The van der Waals surface area contributed by atoms with Crippen molar-refractivity contribution in [3.05, 3.63) is 128 Å². The minimum Gasteiger partial charge on any atom is -0.719 e. The van der Waals surface area contributed by atoms with Gasteiger partial charge in [0.1, 0.15) is 29.4 Å². The second-order valence-corrected chi connectivity index (χ2v) is 13.6. The van der Waals surface area contributed by atoms with Gasteiger partial charge in [-0.25, -0.2) is 4.79 Å². The molecule has 1 N–H and O–H groups in total. The first-order chi connectivity index (χ1) is 20.7. The zero-order valence-corrected chi connectivity index (χ0v) is 26.4. The molecule has 1 aliphatic heterocycles. The summed E-state index contributed by atoms with van der Waals surface area (Å²) in [6.07, 6.45) is -0.00662. The largest absolute Gasteiger partial charge is 0.719 e. The van der Waals surface area contributed by atoms with Crippen LogP contribution in [0.2, 0.25) is 0 Å². The summed E-state index contributed by atoms with van der Waals surface area (Å²) in [5.74, 6) is 1.43. The van der Waals surface area contributed by atoms with Gasteiger partial charge in [-0.1, -0.05) is 61.1 Å².